The van der Waals surface area contributed by atoms with Gasteiger partial charge < -0.3 is 15.3 Å². The molecule has 1 atom stereocenters. The molecule has 102 valence electrons. The maximum Gasteiger partial charge on any atom is 0.134 e. The molecule has 0 saturated carbocycles. The number of halogens is 1. The van der Waals surface area contributed by atoms with Gasteiger partial charge in [0.25, 0.3) is 0 Å². The summed E-state index contributed by atoms with van der Waals surface area (Å²) >= 11 is 5.85. The van der Waals surface area contributed by atoms with Gasteiger partial charge in [-0.3, -0.25) is 0 Å². The normalized spacial score (nSPS) is 12.9. The Kier molecular flexibility index (Phi) is 6.47. The second kappa shape index (κ2) is 7.62. The molecule has 0 radical (unpaired) electrons. The molecular weight excluding hydrogens is 248 g/mol. The summed E-state index contributed by atoms with van der Waals surface area (Å²) in [6, 6.07) is 5.93. The predicted molar refractivity (Wildman–Crippen MR) is 77.2 cm³/mol. The highest BCUT2D eigenvalue weighted by atomic mass is 35.5. The van der Waals surface area contributed by atoms with Crippen LogP contribution in [0.4, 0.5) is 0 Å². The Balaban J connectivity index is 2.27. The van der Waals surface area contributed by atoms with E-state index in [9.17, 15) is 5.11 Å². The van der Waals surface area contributed by atoms with Gasteiger partial charge in [0, 0.05) is 25.7 Å². The maximum absolute atomic E-state index is 9.32. The number of hydrogen-bond acceptors (Lipinski definition) is 3. The summed E-state index contributed by atoms with van der Waals surface area (Å²) in [5.74, 6) is 0.136. The Hall–Kier alpha value is -0.770. The van der Waals surface area contributed by atoms with Crippen molar-refractivity contribution in [2.45, 2.75) is 32.9 Å². The van der Waals surface area contributed by atoms with E-state index in [1.54, 1.807) is 12.1 Å². The molecule has 0 spiro atoms. The lowest BCUT2D eigenvalue weighted by molar-refractivity contribution is 0.251. The van der Waals surface area contributed by atoms with Crippen LogP contribution in [0.5, 0.6) is 5.75 Å². The molecule has 1 unspecified atom stereocenters. The molecule has 2 N–H and O–H groups in total. The summed E-state index contributed by atoms with van der Waals surface area (Å²) in [4.78, 5) is 2.34. The van der Waals surface area contributed by atoms with Crippen LogP contribution in [0, 0.1) is 0 Å². The van der Waals surface area contributed by atoms with Crippen molar-refractivity contribution in [3.8, 4) is 5.75 Å². The van der Waals surface area contributed by atoms with Crippen LogP contribution in [0.2, 0.25) is 5.02 Å². The van der Waals surface area contributed by atoms with Gasteiger partial charge in [-0.15, -0.1) is 0 Å². The lowest BCUT2D eigenvalue weighted by Gasteiger charge is -2.23. The van der Waals surface area contributed by atoms with E-state index < -0.39 is 0 Å². The second-order valence-electron chi connectivity index (χ2n) is 4.70. The number of nitrogens with zero attached hydrogens (tertiary/aromatic N) is 1. The lowest BCUT2D eigenvalue weighted by Crippen LogP contribution is -2.34. The largest absolute Gasteiger partial charge is 0.506 e. The van der Waals surface area contributed by atoms with Crippen LogP contribution in [0.3, 0.4) is 0 Å². The Morgan fingerprint density at radius 3 is 2.78 bits per heavy atom. The van der Waals surface area contributed by atoms with Gasteiger partial charge in [0.05, 0.1) is 5.02 Å². The summed E-state index contributed by atoms with van der Waals surface area (Å²) in [5.41, 5.74) is 1.09. The zero-order valence-corrected chi connectivity index (χ0v) is 12.2. The van der Waals surface area contributed by atoms with E-state index in [1.165, 1.54) is 6.42 Å². The molecule has 0 aliphatic heterocycles. The molecule has 0 aliphatic rings. The van der Waals surface area contributed by atoms with E-state index >= 15 is 0 Å². The molecule has 0 heterocycles. The first-order valence-corrected chi connectivity index (χ1v) is 6.80. The van der Waals surface area contributed by atoms with Gasteiger partial charge in [-0.2, -0.15) is 0 Å². The van der Waals surface area contributed by atoms with Gasteiger partial charge >= 0.3 is 0 Å². The van der Waals surface area contributed by atoms with Gasteiger partial charge in [0.15, 0.2) is 0 Å². The van der Waals surface area contributed by atoms with E-state index in [1.807, 2.05) is 6.07 Å². The molecule has 0 aliphatic carbocycles. The van der Waals surface area contributed by atoms with Gasteiger partial charge in [-0.05, 0) is 38.1 Å². The van der Waals surface area contributed by atoms with Crippen molar-refractivity contribution < 1.29 is 5.11 Å². The Morgan fingerprint density at radius 1 is 1.44 bits per heavy atom. The third kappa shape index (κ3) is 4.84. The minimum absolute atomic E-state index is 0.136. The summed E-state index contributed by atoms with van der Waals surface area (Å²) in [7, 11) is 2.15. The van der Waals surface area contributed by atoms with Gasteiger partial charge in [0.2, 0.25) is 0 Å². The standard InChI is InChI=1S/C14H23ClN2O/c1-4-11(2)17(3)8-7-16-10-12-5-6-14(18)13(15)9-12/h5-6,9,11,16,18H,4,7-8,10H2,1-3H3. The SMILES string of the molecule is CCC(C)N(C)CCNCc1ccc(O)c(Cl)c1. The topological polar surface area (TPSA) is 35.5 Å². The van der Waals surface area contributed by atoms with Crippen LogP contribution in [0.1, 0.15) is 25.8 Å². The molecule has 0 aromatic heterocycles. The van der Waals surface area contributed by atoms with E-state index in [2.05, 4.69) is 31.1 Å². The minimum Gasteiger partial charge on any atom is -0.506 e. The van der Waals surface area contributed by atoms with Crippen LogP contribution in [0.15, 0.2) is 18.2 Å². The second-order valence-corrected chi connectivity index (χ2v) is 5.11. The fourth-order valence-electron chi connectivity index (χ4n) is 1.68. The predicted octanol–water partition coefficient (Wildman–Crippen LogP) is 2.87. The third-order valence-corrected chi connectivity index (χ3v) is 3.63. The molecule has 0 bridgehead atoms. The highest BCUT2D eigenvalue weighted by molar-refractivity contribution is 6.32. The quantitative estimate of drug-likeness (QED) is 0.748. The van der Waals surface area contributed by atoms with E-state index in [4.69, 9.17) is 11.6 Å². The average Bonchev–Trinajstić information content (AvgIpc) is 2.37. The fraction of sp³-hybridized carbons (Fsp3) is 0.571. The van der Waals surface area contributed by atoms with Gasteiger partial charge in [0.1, 0.15) is 5.75 Å². The number of nitrogens with one attached hydrogen (secondary N) is 1. The third-order valence-electron chi connectivity index (χ3n) is 3.33. The minimum atomic E-state index is 0.136. The van der Waals surface area contributed by atoms with Crippen molar-refractivity contribution in [1.82, 2.24) is 10.2 Å². The van der Waals surface area contributed by atoms with Crippen molar-refractivity contribution in [2.75, 3.05) is 20.1 Å². The number of likely N-dealkylation sites (N-methyl/N-ethyl adjacent to an activating group) is 1. The van der Waals surface area contributed by atoms with Crippen LogP contribution in [-0.4, -0.2) is 36.2 Å². The first-order chi connectivity index (χ1) is 8.54. The highest BCUT2D eigenvalue weighted by Crippen LogP contribution is 2.23. The smallest absolute Gasteiger partial charge is 0.134 e. The number of benzene rings is 1. The number of phenols is 1. The number of hydrogen-bond donors (Lipinski definition) is 2. The zero-order valence-electron chi connectivity index (χ0n) is 11.4. The summed E-state index contributed by atoms with van der Waals surface area (Å²) in [6.45, 7) is 7.18. The van der Waals surface area contributed by atoms with Crippen molar-refractivity contribution in [3.63, 3.8) is 0 Å². The van der Waals surface area contributed by atoms with Crippen LogP contribution in [0.25, 0.3) is 0 Å². The zero-order chi connectivity index (χ0) is 13.5. The molecule has 1 rings (SSSR count). The highest BCUT2D eigenvalue weighted by Gasteiger charge is 2.05. The summed E-state index contributed by atoms with van der Waals surface area (Å²) in [6.07, 6.45) is 1.17. The summed E-state index contributed by atoms with van der Waals surface area (Å²) < 4.78 is 0. The van der Waals surface area contributed by atoms with Gasteiger partial charge in [-0.1, -0.05) is 24.6 Å². The first kappa shape index (κ1) is 15.3. The molecular formula is C14H23ClN2O. The Labute approximate surface area is 115 Å². The first-order valence-electron chi connectivity index (χ1n) is 6.43. The number of rotatable bonds is 7. The monoisotopic (exact) mass is 270 g/mol. The van der Waals surface area contributed by atoms with Gasteiger partial charge in [-0.25, -0.2) is 0 Å². The van der Waals surface area contributed by atoms with Crippen molar-refractivity contribution in [1.29, 1.82) is 0 Å². The maximum atomic E-state index is 9.32. The van der Waals surface area contributed by atoms with Crippen LogP contribution >= 0.6 is 11.6 Å². The lowest BCUT2D eigenvalue weighted by atomic mass is 10.2. The molecule has 1 aromatic rings. The van der Waals surface area contributed by atoms with E-state index in [0.717, 1.165) is 25.2 Å². The number of phenolic OH excluding ortho intramolecular Hbond substituents is 1. The van der Waals surface area contributed by atoms with Crippen molar-refractivity contribution in [3.05, 3.63) is 28.8 Å². The Morgan fingerprint density at radius 2 is 2.17 bits per heavy atom. The molecule has 18 heavy (non-hydrogen) atoms. The fourth-order valence-corrected chi connectivity index (χ4v) is 1.88. The molecule has 3 nitrogen and oxygen atoms in total. The molecule has 4 heteroatoms. The average molecular weight is 271 g/mol. The summed E-state index contributed by atoms with van der Waals surface area (Å²) in [5, 5.41) is 13.1. The number of aromatic hydroxyl groups is 1. The Bertz CT molecular complexity index is 371. The molecule has 0 fully saturated rings. The van der Waals surface area contributed by atoms with Crippen molar-refractivity contribution in [2.24, 2.45) is 0 Å². The van der Waals surface area contributed by atoms with Crippen LogP contribution in [-0.2, 0) is 6.54 Å². The van der Waals surface area contributed by atoms with Crippen LogP contribution < -0.4 is 5.32 Å². The molecule has 1 aromatic carbocycles. The van der Waals surface area contributed by atoms with E-state index in [-0.39, 0.29) is 5.75 Å². The molecule has 0 amide bonds. The molecule has 0 saturated heterocycles. The van der Waals surface area contributed by atoms with Crippen molar-refractivity contribution >= 4 is 11.6 Å². The van der Waals surface area contributed by atoms with E-state index in [0.29, 0.717) is 11.1 Å².